The molecule has 0 saturated heterocycles. The lowest BCUT2D eigenvalue weighted by atomic mass is 10.2. The third kappa shape index (κ3) is 2.76. The van der Waals surface area contributed by atoms with Crippen LogP contribution in [0.15, 0.2) is 23.1 Å². The minimum absolute atomic E-state index is 0.0492. The first-order valence-corrected chi connectivity index (χ1v) is 6.04. The second-order valence-electron chi connectivity index (χ2n) is 3.15. The van der Waals surface area contributed by atoms with E-state index in [-0.39, 0.29) is 17.9 Å². The molecule has 1 rings (SSSR count). The SMILES string of the molecule is COc1ccc(S(F)(F)(F)(F)F)cc1CN. The van der Waals surface area contributed by atoms with E-state index in [1.165, 1.54) is 7.11 Å². The minimum Gasteiger partial charge on any atom is -0.496 e. The number of nitrogens with two attached hydrogens (primary N) is 1. The van der Waals surface area contributed by atoms with Gasteiger partial charge >= 0.3 is 10.2 Å². The summed E-state index contributed by atoms with van der Waals surface area (Å²) in [4.78, 5) is -1.96. The Morgan fingerprint density at radius 3 is 2.12 bits per heavy atom. The number of hydrogen-bond acceptors (Lipinski definition) is 2. The zero-order valence-electron chi connectivity index (χ0n) is 8.22. The van der Waals surface area contributed by atoms with Crippen molar-refractivity contribution in [2.24, 2.45) is 5.73 Å². The van der Waals surface area contributed by atoms with Gasteiger partial charge in [0.1, 0.15) is 10.6 Å². The Bertz CT molecular complexity index is 415. The number of benzene rings is 1. The van der Waals surface area contributed by atoms with E-state index < -0.39 is 15.1 Å². The highest BCUT2D eigenvalue weighted by atomic mass is 32.5. The average Bonchev–Trinajstić information content (AvgIpc) is 2.13. The van der Waals surface area contributed by atoms with Crippen LogP contribution in [0.1, 0.15) is 5.56 Å². The molecule has 8 heteroatoms. The molecule has 0 fully saturated rings. The van der Waals surface area contributed by atoms with E-state index in [0.29, 0.717) is 12.1 Å². The molecule has 0 radical (unpaired) electrons. The van der Waals surface area contributed by atoms with E-state index >= 15 is 0 Å². The molecule has 0 heterocycles. The first-order valence-electron chi connectivity index (χ1n) is 4.09. The molecule has 94 valence electrons. The van der Waals surface area contributed by atoms with E-state index in [1.54, 1.807) is 0 Å². The van der Waals surface area contributed by atoms with E-state index in [9.17, 15) is 19.4 Å². The van der Waals surface area contributed by atoms with Gasteiger partial charge < -0.3 is 10.5 Å². The number of hydrogen-bond donors (Lipinski definition) is 1. The Kier molecular flexibility index (Phi) is 2.45. The highest BCUT2D eigenvalue weighted by Gasteiger charge is 2.65. The van der Waals surface area contributed by atoms with Gasteiger partial charge in [0.05, 0.1) is 7.11 Å². The van der Waals surface area contributed by atoms with Crippen LogP contribution in [0.3, 0.4) is 0 Å². The molecular formula is C8H10F5NOS. The topological polar surface area (TPSA) is 35.2 Å². The summed E-state index contributed by atoms with van der Waals surface area (Å²) < 4.78 is 66.8. The Hall–Kier alpha value is -1.02. The lowest BCUT2D eigenvalue weighted by molar-refractivity contribution is 0.363. The zero-order valence-corrected chi connectivity index (χ0v) is 9.04. The monoisotopic (exact) mass is 263 g/mol. The van der Waals surface area contributed by atoms with Crippen LogP contribution in [-0.4, -0.2) is 7.11 Å². The van der Waals surface area contributed by atoms with Crippen molar-refractivity contribution in [3.05, 3.63) is 23.8 Å². The number of halogens is 5. The van der Waals surface area contributed by atoms with Crippen molar-refractivity contribution in [3.8, 4) is 5.75 Å². The van der Waals surface area contributed by atoms with Crippen molar-refractivity contribution in [1.29, 1.82) is 0 Å². The summed E-state index contributed by atoms with van der Waals surface area (Å²) in [5.41, 5.74) is 5.03. The predicted octanol–water partition coefficient (Wildman–Crippen LogP) is 3.81. The van der Waals surface area contributed by atoms with E-state index in [2.05, 4.69) is 0 Å². The number of ether oxygens (including phenoxy) is 1. The van der Waals surface area contributed by atoms with Gasteiger partial charge in [0.25, 0.3) is 0 Å². The van der Waals surface area contributed by atoms with Crippen molar-refractivity contribution >= 4 is 10.2 Å². The molecule has 0 spiro atoms. The van der Waals surface area contributed by atoms with Gasteiger partial charge in [-0.15, -0.1) is 0 Å². The summed E-state index contributed by atoms with van der Waals surface area (Å²) in [6.07, 6.45) is 0. The van der Waals surface area contributed by atoms with Crippen LogP contribution in [0, 0.1) is 0 Å². The first kappa shape index (κ1) is 13.0. The van der Waals surface area contributed by atoms with Crippen LogP contribution in [0.25, 0.3) is 0 Å². The highest BCUT2D eigenvalue weighted by Crippen LogP contribution is 3.02. The van der Waals surface area contributed by atoms with Gasteiger partial charge in [0, 0.05) is 12.1 Å². The van der Waals surface area contributed by atoms with Crippen molar-refractivity contribution in [2.75, 3.05) is 7.11 Å². The lowest BCUT2D eigenvalue weighted by Crippen LogP contribution is -2.08. The third-order valence-corrected chi connectivity index (χ3v) is 3.06. The van der Waals surface area contributed by atoms with Crippen molar-refractivity contribution in [2.45, 2.75) is 11.4 Å². The maximum Gasteiger partial charge on any atom is 0.310 e. The normalized spacial score (nSPS) is 16.4. The summed E-state index contributed by atoms with van der Waals surface area (Å²) in [6, 6.07) is 1.44. The summed E-state index contributed by atoms with van der Waals surface area (Å²) in [7, 11) is -8.41. The molecule has 0 aliphatic carbocycles. The van der Waals surface area contributed by atoms with Crippen molar-refractivity contribution < 1.29 is 24.2 Å². The second kappa shape index (κ2) is 3.01. The molecule has 1 aromatic carbocycles. The Morgan fingerprint density at radius 1 is 1.19 bits per heavy atom. The zero-order chi connectivity index (χ0) is 12.7. The summed E-state index contributed by atoms with van der Waals surface area (Å²) >= 11 is 0. The molecular weight excluding hydrogens is 253 g/mol. The summed E-state index contributed by atoms with van der Waals surface area (Å²) in [5, 5.41) is 0. The van der Waals surface area contributed by atoms with Gasteiger partial charge in [0.2, 0.25) is 0 Å². The lowest BCUT2D eigenvalue weighted by Gasteiger charge is -2.40. The molecule has 0 atom stereocenters. The molecule has 2 N–H and O–H groups in total. The van der Waals surface area contributed by atoms with Crippen LogP contribution >= 0.6 is 10.2 Å². The summed E-state index contributed by atoms with van der Waals surface area (Å²) in [5.74, 6) is 0.0492. The van der Waals surface area contributed by atoms with Crippen LogP contribution in [0.2, 0.25) is 0 Å². The average molecular weight is 263 g/mol. The highest BCUT2D eigenvalue weighted by molar-refractivity contribution is 8.45. The predicted molar refractivity (Wildman–Crippen MR) is 52.3 cm³/mol. The Labute approximate surface area is 88.9 Å². The molecule has 1 aromatic rings. The molecule has 0 bridgehead atoms. The molecule has 0 aliphatic rings. The fourth-order valence-electron chi connectivity index (χ4n) is 1.15. The van der Waals surface area contributed by atoms with Crippen LogP contribution in [0.4, 0.5) is 19.4 Å². The second-order valence-corrected chi connectivity index (χ2v) is 5.56. The standard InChI is InChI=1S/C8H10F5NOS/c1-15-8-3-2-7(4-6(8)5-14)16(9,10,11,12)13/h2-4H,5,14H2,1H3. The van der Waals surface area contributed by atoms with Gasteiger partial charge in [-0.1, -0.05) is 19.4 Å². The molecule has 0 unspecified atom stereocenters. The maximum absolute atomic E-state index is 12.4. The van der Waals surface area contributed by atoms with Gasteiger partial charge in [-0.05, 0) is 18.2 Å². The first-order chi connectivity index (χ1) is 6.97. The fourth-order valence-corrected chi connectivity index (χ4v) is 1.84. The van der Waals surface area contributed by atoms with Crippen LogP contribution in [-0.2, 0) is 6.54 Å². The van der Waals surface area contributed by atoms with Gasteiger partial charge in [-0.3, -0.25) is 0 Å². The van der Waals surface area contributed by atoms with E-state index in [4.69, 9.17) is 10.5 Å². The van der Waals surface area contributed by atoms with Gasteiger partial charge in [0.15, 0.2) is 0 Å². The molecule has 0 amide bonds. The molecule has 0 saturated carbocycles. The van der Waals surface area contributed by atoms with Crippen LogP contribution in [0.5, 0.6) is 5.75 Å². The van der Waals surface area contributed by atoms with Crippen molar-refractivity contribution in [1.82, 2.24) is 0 Å². The van der Waals surface area contributed by atoms with Crippen molar-refractivity contribution in [3.63, 3.8) is 0 Å². The van der Waals surface area contributed by atoms with E-state index in [1.807, 2.05) is 0 Å². The minimum atomic E-state index is -9.63. The Morgan fingerprint density at radius 2 is 1.75 bits per heavy atom. The quantitative estimate of drug-likeness (QED) is 0.841. The van der Waals surface area contributed by atoms with Gasteiger partial charge in [-0.2, -0.15) is 0 Å². The number of rotatable bonds is 3. The van der Waals surface area contributed by atoms with Gasteiger partial charge in [-0.25, -0.2) is 0 Å². The maximum atomic E-state index is 12.4. The van der Waals surface area contributed by atoms with Crippen LogP contribution < -0.4 is 10.5 Å². The number of methoxy groups -OCH3 is 1. The van der Waals surface area contributed by atoms with E-state index in [0.717, 1.165) is 6.07 Å². The smallest absolute Gasteiger partial charge is 0.310 e. The fraction of sp³-hybridized carbons (Fsp3) is 0.250. The Balaban J connectivity index is 3.42. The summed E-state index contributed by atoms with van der Waals surface area (Å²) in [6.45, 7) is -0.315. The third-order valence-electron chi connectivity index (χ3n) is 1.92. The molecule has 16 heavy (non-hydrogen) atoms. The molecule has 0 aromatic heterocycles. The largest absolute Gasteiger partial charge is 0.496 e. The molecule has 0 aliphatic heterocycles. The molecule has 2 nitrogen and oxygen atoms in total.